The van der Waals surface area contributed by atoms with Crippen molar-refractivity contribution in [2.24, 2.45) is 0 Å². The van der Waals surface area contributed by atoms with Crippen LogP contribution in [0.2, 0.25) is 5.02 Å². The Bertz CT molecular complexity index is 620. The third-order valence-electron chi connectivity index (χ3n) is 4.51. The van der Waals surface area contributed by atoms with Crippen molar-refractivity contribution in [3.8, 4) is 5.88 Å². The molecule has 2 aromatic rings. The van der Waals surface area contributed by atoms with Crippen LogP contribution in [-0.2, 0) is 6.54 Å². The number of likely N-dealkylation sites (tertiary alicyclic amines) is 1. The molecule has 0 saturated carbocycles. The highest BCUT2D eigenvalue weighted by atomic mass is 35.5. The smallest absolute Gasteiger partial charge is 0.213 e. The Morgan fingerprint density at radius 1 is 1.29 bits per heavy atom. The van der Waals surface area contributed by atoms with Crippen LogP contribution in [0.4, 0.5) is 0 Å². The van der Waals surface area contributed by atoms with Crippen molar-refractivity contribution in [3.63, 3.8) is 0 Å². The van der Waals surface area contributed by atoms with E-state index in [1.165, 1.54) is 18.4 Å². The molecule has 1 aliphatic heterocycles. The van der Waals surface area contributed by atoms with Gasteiger partial charge >= 0.3 is 0 Å². The van der Waals surface area contributed by atoms with Crippen LogP contribution in [0.25, 0.3) is 0 Å². The Hall–Kier alpha value is -1.65. The summed E-state index contributed by atoms with van der Waals surface area (Å²) in [5.74, 6) is 0.667. The van der Waals surface area contributed by atoms with E-state index in [9.17, 15) is 0 Å². The Morgan fingerprint density at radius 2 is 2.21 bits per heavy atom. The summed E-state index contributed by atoms with van der Waals surface area (Å²) in [6, 6.07) is 8.37. The van der Waals surface area contributed by atoms with Crippen LogP contribution >= 0.6 is 11.6 Å². The van der Waals surface area contributed by atoms with Gasteiger partial charge in [0, 0.05) is 43.8 Å². The Morgan fingerprint density at radius 3 is 2.92 bits per heavy atom. The molecule has 128 valence electrons. The predicted octanol–water partition coefficient (Wildman–Crippen LogP) is 4.34. The second-order valence-corrected chi connectivity index (χ2v) is 6.79. The number of ether oxygens (including phenoxy) is 1. The van der Waals surface area contributed by atoms with Gasteiger partial charge in [-0.25, -0.2) is 4.98 Å². The molecule has 1 aliphatic rings. The minimum atomic E-state index is 0.223. The van der Waals surface area contributed by atoms with Crippen molar-refractivity contribution in [1.29, 1.82) is 0 Å². The Kier molecular flexibility index (Phi) is 6.05. The molecule has 2 aromatic heterocycles. The molecule has 3 rings (SSSR count). The lowest BCUT2D eigenvalue weighted by atomic mass is 9.95. The zero-order valence-electron chi connectivity index (χ0n) is 14.1. The SMILES string of the molecule is CCCC1CC(Oc2ccc(Cl)cn2)CCN1Cc1cccnc1. The van der Waals surface area contributed by atoms with E-state index in [0.29, 0.717) is 16.9 Å². The molecule has 0 N–H and O–H groups in total. The average Bonchev–Trinajstić information content (AvgIpc) is 2.60. The zero-order valence-corrected chi connectivity index (χ0v) is 14.8. The Balaban J connectivity index is 1.61. The summed E-state index contributed by atoms with van der Waals surface area (Å²) in [6.45, 7) is 4.25. The first-order valence-corrected chi connectivity index (χ1v) is 9.03. The molecule has 0 aliphatic carbocycles. The van der Waals surface area contributed by atoms with Gasteiger partial charge in [-0.3, -0.25) is 9.88 Å². The van der Waals surface area contributed by atoms with Crippen molar-refractivity contribution in [1.82, 2.24) is 14.9 Å². The van der Waals surface area contributed by atoms with E-state index < -0.39 is 0 Å². The van der Waals surface area contributed by atoms with Gasteiger partial charge in [0.1, 0.15) is 6.10 Å². The van der Waals surface area contributed by atoms with E-state index in [4.69, 9.17) is 16.3 Å². The van der Waals surface area contributed by atoms with Crippen molar-refractivity contribution < 1.29 is 4.74 Å². The zero-order chi connectivity index (χ0) is 16.8. The van der Waals surface area contributed by atoms with Crippen molar-refractivity contribution >= 4 is 11.6 Å². The maximum absolute atomic E-state index is 6.08. The van der Waals surface area contributed by atoms with Crippen LogP contribution < -0.4 is 4.74 Å². The summed E-state index contributed by atoms with van der Waals surface area (Å²) in [5.41, 5.74) is 1.28. The number of pyridine rings is 2. The molecule has 5 heteroatoms. The fraction of sp³-hybridized carbons (Fsp3) is 0.474. The third-order valence-corrected chi connectivity index (χ3v) is 4.73. The molecular formula is C19H24ClN3O. The van der Waals surface area contributed by atoms with Crippen LogP contribution in [0.3, 0.4) is 0 Å². The highest BCUT2D eigenvalue weighted by Gasteiger charge is 2.29. The van der Waals surface area contributed by atoms with E-state index in [1.54, 1.807) is 6.20 Å². The Labute approximate surface area is 148 Å². The normalized spacial score (nSPS) is 21.6. The van der Waals surface area contributed by atoms with E-state index >= 15 is 0 Å². The van der Waals surface area contributed by atoms with E-state index in [-0.39, 0.29) is 6.10 Å². The highest BCUT2D eigenvalue weighted by molar-refractivity contribution is 6.30. The summed E-state index contributed by atoms with van der Waals surface area (Å²) >= 11 is 5.89. The molecular weight excluding hydrogens is 322 g/mol. The topological polar surface area (TPSA) is 38.2 Å². The molecule has 0 radical (unpaired) electrons. The number of rotatable bonds is 6. The molecule has 24 heavy (non-hydrogen) atoms. The first-order valence-electron chi connectivity index (χ1n) is 8.65. The van der Waals surface area contributed by atoms with Gasteiger partial charge in [-0.15, -0.1) is 0 Å². The van der Waals surface area contributed by atoms with Crippen molar-refractivity contribution in [3.05, 3.63) is 53.4 Å². The monoisotopic (exact) mass is 345 g/mol. The van der Waals surface area contributed by atoms with Gasteiger partial charge in [-0.05, 0) is 37.0 Å². The summed E-state index contributed by atoms with van der Waals surface area (Å²) < 4.78 is 6.08. The van der Waals surface area contributed by atoms with Gasteiger partial charge in [0.25, 0.3) is 0 Å². The summed E-state index contributed by atoms with van der Waals surface area (Å²) in [7, 11) is 0. The first kappa shape index (κ1) is 17.2. The molecule has 1 saturated heterocycles. The van der Waals surface area contributed by atoms with Crippen LogP contribution in [0.5, 0.6) is 5.88 Å². The lowest BCUT2D eigenvalue weighted by Crippen LogP contribution is -2.45. The van der Waals surface area contributed by atoms with Crippen LogP contribution in [0.1, 0.15) is 38.2 Å². The largest absolute Gasteiger partial charge is 0.474 e. The predicted molar refractivity (Wildman–Crippen MR) is 96.2 cm³/mol. The second kappa shape index (κ2) is 8.45. The molecule has 1 fully saturated rings. The maximum Gasteiger partial charge on any atom is 0.213 e. The lowest BCUT2D eigenvalue weighted by Gasteiger charge is -2.39. The summed E-state index contributed by atoms with van der Waals surface area (Å²) in [5, 5.41) is 0.637. The van der Waals surface area contributed by atoms with Gasteiger partial charge in [0.15, 0.2) is 0 Å². The molecule has 4 nitrogen and oxygen atoms in total. The summed E-state index contributed by atoms with van der Waals surface area (Å²) in [6.07, 6.45) is 10.1. The molecule has 2 atom stereocenters. The summed E-state index contributed by atoms with van der Waals surface area (Å²) in [4.78, 5) is 11.0. The number of piperidine rings is 1. The van der Waals surface area contributed by atoms with Gasteiger partial charge in [0.05, 0.1) is 5.02 Å². The molecule has 0 spiro atoms. The number of hydrogen-bond acceptors (Lipinski definition) is 4. The van der Waals surface area contributed by atoms with E-state index in [1.807, 2.05) is 30.6 Å². The van der Waals surface area contributed by atoms with Gasteiger partial charge in [-0.1, -0.05) is 31.0 Å². The molecule has 3 heterocycles. The van der Waals surface area contributed by atoms with E-state index in [0.717, 1.165) is 25.9 Å². The van der Waals surface area contributed by atoms with Gasteiger partial charge < -0.3 is 4.74 Å². The van der Waals surface area contributed by atoms with Crippen molar-refractivity contribution in [2.75, 3.05) is 6.54 Å². The molecule has 2 unspecified atom stereocenters. The number of nitrogens with zero attached hydrogens (tertiary/aromatic N) is 3. The number of aromatic nitrogens is 2. The minimum Gasteiger partial charge on any atom is -0.474 e. The lowest BCUT2D eigenvalue weighted by molar-refractivity contribution is 0.0445. The average molecular weight is 346 g/mol. The van der Waals surface area contributed by atoms with Crippen LogP contribution in [-0.4, -0.2) is 33.6 Å². The second-order valence-electron chi connectivity index (χ2n) is 6.35. The quantitative estimate of drug-likeness (QED) is 0.780. The van der Waals surface area contributed by atoms with Crippen LogP contribution in [0.15, 0.2) is 42.9 Å². The standard InChI is InChI=1S/C19H24ClN3O/c1-2-4-17-11-18(24-19-7-6-16(20)13-22-19)8-10-23(17)14-15-5-3-9-21-12-15/h3,5-7,9,12-13,17-18H,2,4,8,10-11,14H2,1H3. The minimum absolute atomic E-state index is 0.223. The fourth-order valence-corrected chi connectivity index (χ4v) is 3.45. The first-order chi connectivity index (χ1) is 11.7. The molecule has 0 bridgehead atoms. The third kappa shape index (κ3) is 4.68. The van der Waals surface area contributed by atoms with Crippen molar-refractivity contribution in [2.45, 2.75) is 51.3 Å². The fourth-order valence-electron chi connectivity index (χ4n) is 3.34. The number of halogens is 1. The van der Waals surface area contributed by atoms with Crippen LogP contribution in [0, 0.1) is 0 Å². The van der Waals surface area contributed by atoms with Gasteiger partial charge in [-0.2, -0.15) is 0 Å². The molecule has 0 amide bonds. The maximum atomic E-state index is 6.08. The number of hydrogen-bond donors (Lipinski definition) is 0. The van der Waals surface area contributed by atoms with Gasteiger partial charge in [0.2, 0.25) is 5.88 Å². The highest BCUT2D eigenvalue weighted by Crippen LogP contribution is 2.26. The van der Waals surface area contributed by atoms with E-state index in [2.05, 4.69) is 27.9 Å². The molecule has 0 aromatic carbocycles.